The number of nitrogens with zero attached hydrogens (tertiary/aromatic N) is 2. The Morgan fingerprint density at radius 1 is 1.71 bits per heavy atom. The number of guanidine groups is 1. The van der Waals surface area contributed by atoms with Crippen LogP contribution in [-0.2, 0) is 6.54 Å². The molecule has 0 radical (unpaired) electrons. The van der Waals surface area contributed by atoms with Crippen molar-refractivity contribution in [3.8, 4) is 0 Å². The fraction of sp³-hybridized carbons (Fsp3) is 0.500. The summed E-state index contributed by atoms with van der Waals surface area (Å²) in [4.78, 5) is 4.15. The Labute approximate surface area is 82.5 Å². The minimum Gasteiger partial charge on any atom is -0.359 e. The van der Waals surface area contributed by atoms with E-state index in [1.54, 1.807) is 0 Å². The summed E-state index contributed by atoms with van der Waals surface area (Å²) in [5.41, 5.74) is 3.30. The van der Waals surface area contributed by atoms with Gasteiger partial charge in [0.25, 0.3) is 0 Å². The minimum atomic E-state index is 0.424. The lowest BCUT2D eigenvalue weighted by atomic mass is 10.4. The van der Waals surface area contributed by atoms with Gasteiger partial charge < -0.3 is 9.84 Å². The summed E-state index contributed by atoms with van der Waals surface area (Å²) >= 11 is 0. The van der Waals surface area contributed by atoms with Gasteiger partial charge in [-0.25, -0.2) is 10.8 Å². The summed E-state index contributed by atoms with van der Waals surface area (Å²) in [6, 6.07) is 1.84. The molecule has 0 unspecified atom stereocenters. The maximum absolute atomic E-state index is 5.24. The maximum atomic E-state index is 5.24. The highest BCUT2D eigenvalue weighted by Gasteiger charge is 1.99. The zero-order chi connectivity index (χ0) is 10.4. The monoisotopic (exact) mass is 197 g/mol. The number of nitrogens with one attached hydrogen (secondary N) is 2. The van der Waals surface area contributed by atoms with Gasteiger partial charge in [-0.1, -0.05) is 5.16 Å². The van der Waals surface area contributed by atoms with Crippen LogP contribution in [0.4, 0.5) is 0 Å². The summed E-state index contributed by atoms with van der Waals surface area (Å²) in [6.07, 6.45) is 0. The quantitative estimate of drug-likeness (QED) is 0.273. The van der Waals surface area contributed by atoms with Crippen molar-refractivity contribution in [2.75, 3.05) is 6.54 Å². The molecule has 0 aromatic carbocycles. The molecule has 0 spiro atoms. The third kappa shape index (κ3) is 3.06. The molecule has 0 aliphatic rings. The zero-order valence-corrected chi connectivity index (χ0v) is 8.37. The molecule has 0 saturated carbocycles. The maximum Gasteiger partial charge on any atom is 0.206 e. The molecule has 1 rings (SSSR count). The lowest BCUT2D eigenvalue weighted by molar-refractivity contribution is 0.381. The predicted octanol–water partition coefficient (Wildman–Crippen LogP) is -0.0882. The van der Waals surface area contributed by atoms with Crippen LogP contribution in [0.25, 0.3) is 0 Å². The summed E-state index contributed by atoms with van der Waals surface area (Å²) < 4.78 is 4.98. The Morgan fingerprint density at radius 2 is 2.50 bits per heavy atom. The fourth-order valence-electron chi connectivity index (χ4n) is 0.968. The van der Waals surface area contributed by atoms with Gasteiger partial charge in [-0.15, -0.1) is 0 Å². The van der Waals surface area contributed by atoms with Gasteiger partial charge in [0.05, 0.1) is 5.69 Å². The van der Waals surface area contributed by atoms with Crippen LogP contribution in [0, 0.1) is 6.92 Å². The number of nitrogens with two attached hydrogens (primary N) is 1. The second-order valence-electron chi connectivity index (χ2n) is 2.77. The standard InChI is InChI=1S/C8H15N5O/c1-3-10-8(12-9)11-5-7-4-6(2)13-14-7/h4H,3,5,9H2,1-2H3,(H2,10,11,12). The summed E-state index contributed by atoms with van der Waals surface area (Å²) in [6.45, 7) is 5.01. The molecule has 0 aliphatic carbocycles. The van der Waals surface area contributed by atoms with Crippen molar-refractivity contribution in [1.82, 2.24) is 15.9 Å². The first-order chi connectivity index (χ1) is 6.76. The molecule has 0 bridgehead atoms. The van der Waals surface area contributed by atoms with Crippen molar-refractivity contribution in [3.63, 3.8) is 0 Å². The van der Waals surface area contributed by atoms with E-state index >= 15 is 0 Å². The minimum absolute atomic E-state index is 0.424. The van der Waals surface area contributed by atoms with Crippen LogP contribution in [-0.4, -0.2) is 17.7 Å². The summed E-state index contributed by atoms with van der Waals surface area (Å²) in [7, 11) is 0. The van der Waals surface area contributed by atoms with E-state index < -0.39 is 0 Å². The molecular weight excluding hydrogens is 182 g/mol. The van der Waals surface area contributed by atoms with Gasteiger partial charge in [-0.2, -0.15) is 0 Å². The third-order valence-electron chi connectivity index (χ3n) is 1.55. The van der Waals surface area contributed by atoms with Crippen LogP contribution in [0.1, 0.15) is 18.4 Å². The topological polar surface area (TPSA) is 88.5 Å². The van der Waals surface area contributed by atoms with E-state index in [4.69, 9.17) is 10.4 Å². The van der Waals surface area contributed by atoms with Gasteiger partial charge in [-0.3, -0.25) is 5.43 Å². The van der Waals surface area contributed by atoms with Crippen molar-refractivity contribution >= 4 is 5.96 Å². The van der Waals surface area contributed by atoms with Crippen molar-refractivity contribution < 1.29 is 4.52 Å². The van der Waals surface area contributed by atoms with Crippen molar-refractivity contribution in [2.45, 2.75) is 20.4 Å². The lowest BCUT2D eigenvalue weighted by Gasteiger charge is -2.04. The summed E-state index contributed by atoms with van der Waals surface area (Å²) in [5, 5.41) is 6.71. The molecule has 6 nitrogen and oxygen atoms in total. The number of hydrazine groups is 1. The number of hydrogen-bond acceptors (Lipinski definition) is 4. The highest BCUT2D eigenvalue weighted by atomic mass is 16.5. The van der Waals surface area contributed by atoms with Crippen LogP contribution in [0.2, 0.25) is 0 Å². The fourth-order valence-corrected chi connectivity index (χ4v) is 0.968. The second kappa shape index (κ2) is 5.23. The van der Waals surface area contributed by atoms with E-state index in [2.05, 4.69) is 20.9 Å². The van der Waals surface area contributed by atoms with Gasteiger partial charge in [0.2, 0.25) is 5.96 Å². The van der Waals surface area contributed by atoms with E-state index in [0.29, 0.717) is 18.3 Å². The molecular formula is C8H15N5O. The Bertz CT molecular complexity index is 306. The Balaban J connectivity index is 2.51. The lowest BCUT2D eigenvalue weighted by Crippen LogP contribution is -2.41. The number of rotatable bonds is 3. The van der Waals surface area contributed by atoms with Crippen LogP contribution < -0.4 is 16.6 Å². The van der Waals surface area contributed by atoms with Crippen LogP contribution in [0.5, 0.6) is 0 Å². The van der Waals surface area contributed by atoms with Gasteiger partial charge in [0, 0.05) is 12.6 Å². The van der Waals surface area contributed by atoms with E-state index in [-0.39, 0.29) is 0 Å². The number of aryl methyl sites for hydroxylation is 1. The van der Waals surface area contributed by atoms with E-state index in [0.717, 1.165) is 12.2 Å². The van der Waals surface area contributed by atoms with Crippen LogP contribution >= 0.6 is 0 Å². The first-order valence-corrected chi connectivity index (χ1v) is 4.43. The summed E-state index contributed by atoms with van der Waals surface area (Å²) in [5.74, 6) is 6.50. The van der Waals surface area contributed by atoms with Gasteiger partial charge >= 0.3 is 0 Å². The molecule has 78 valence electrons. The zero-order valence-electron chi connectivity index (χ0n) is 8.37. The van der Waals surface area contributed by atoms with Crippen molar-refractivity contribution in [3.05, 3.63) is 17.5 Å². The molecule has 1 heterocycles. The van der Waals surface area contributed by atoms with Gasteiger partial charge in [0.15, 0.2) is 5.76 Å². The number of hydrogen-bond donors (Lipinski definition) is 3. The molecule has 14 heavy (non-hydrogen) atoms. The van der Waals surface area contributed by atoms with E-state index in [1.807, 2.05) is 19.9 Å². The highest BCUT2D eigenvalue weighted by Crippen LogP contribution is 2.02. The van der Waals surface area contributed by atoms with Crippen molar-refractivity contribution in [2.24, 2.45) is 10.8 Å². The molecule has 1 aromatic rings. The molecule has 6 heteroatoms. The second-order valence-corrected chi connectivity index (χ2v) is 2.77. The molecule has 0 saturated heterocycles. The first kappa shape index (κ1) is 10.5. The van der Waals surface area contributed by atoms with E-state index in [9.17, 15) is 0 Å². The molecule has 4 N–H and O–H groups in total. The third-order valence-corrected chi connectivity index (χ3v) is 1.55. The SMILES string of the molecule is CCNC(=NCc1cc(C)no1)NN. The average Bonchev–Trinajstić information content (AvgIpc) is 2.59. The highest BCUT2D eigenvalue weighted by molar-refractivity contribution is 5.78. The van der Waals surface area contributed by atoms with E-state index in [1.165, 1.54) is 0 Å². The molecule has 0 aliphatic heterocycles. The Kier molecular flexibility index (Phi) is 3.93. The largest absolute Gasteiger partial charge is 0.359 e. The van der Waals surface area contributed by atoms with Crippen LogP contribution in [0.15, 0.2) is 15.6 Å². The molecule has 1 aromatic heterocycles. The van der Waals surface area contributed by atoms with Crippen molar-refractivity contribution in [1.29, 1.82) is 0 Å². The predicted molar refractivity (Wildman–Crippen MR) is 53.4 cm³/mol. The van der Waals surface area contributed by atoms with Gasteiger partial charge in [-0.05, 0) is 13.8 Å². The number of aromatic nitrogens is 1. The number of aliphatic imine (C=N–C) groups is 1. The smallest absolute Gasteiger partial charge is 0.206 e. The molecule has 0 amide bonds. The van der Waals surface area contributed by atoms with Gasteiger partial charge in [0.1, 0.15) is 6.54 Å². The average molecular weight is 197 g/mol. The normalized spacial score (nSPS) is 11.5. The Morgan fingerprint density at radius 3 is 3.00 bits per heavy atom. The molecule has 0 atom stereocenters. The molecule has 0 fully saturated rings. The Hall–Kier alpha value is -1.56. The van der Waals surface area contributed by atoms with Crippen LogP contribution in [0.3, 0.4) is 0 Å². The first-order valence-electron chi connectivity index (χ1n) is 4.43.